The second-order valence-electron chi connectivity index (χ2n) is 9.91. The van der Waals surface area contributed by atoms with E-state index in [0.717, 1.165) is 24.0 Å². The van der Waals surface area contributed by atoms with Crippen LogP contribution in [0.1, 0.15) is 49.4 Å². The van der Waals surface area contributed by atoms with Crippen LogP contribution in [0.15, 0.2) is 101 Å². The smallest absolute Gasteiger partial charge is 0.296 e. The molecule has 1 amide bonds. The normalized spacial score (nSPS) is 14.9. The average molecular weight is 628 g/mol. The number of aromatic nitrogens is 2. The molecule has 44 heavy (non-hydrogen) atoms. The first-order valence-corrected chi connectivity index (χ1v) is 16.2. The third-order valence-electron chi connectivity index (χ3n) is 6.85. The first-order valence-electron chi connectivity index (χ1n) is 14.4. The number of unbranched alkanes of at least 4 members (excludes halogenated alkanes) is 1. The maximum absolute atomic E-state index is 13.7. The van der Waals surface area contributed by atoms with Gasteiger partial charge in [-0.25, -0.2) is 0 Å². The number of aliphatic hydroxyl groups excluding tert-OH is 1. The third kappa shape index (κ3) is 7.20. The summed E-state index contributed by atoms with van der Waals surface area (Å²) in [6.45, 7) is 4.89. The van der Waals surface area contributed by atoms with E-state index in [1.54, 1.807) is 24.3 Å². The lowest BCUT2D eigenvalue weighted by Gasteiger charge is -2.24. The van der Waals surface area contributed by atoms with Crippen molar-refractivity contribution in [2.45, 2.75) is 42.8 Å². The van der Waals surface area contributed by atoms with Crippen LogP contribution in [0, 0.1) is 0 Å². The molecule has 8 nitrogen and oxygen atoms in total. The molecule has 1 aliphatic rings. The van der Waals surface area contributed by atoms with Crippen LogP contribution < -0.4 is 14.4 Å². The molecule has 1 N–H and O–H groups in total. The molecule has 4 aromatic rings. The zero-order valence-corrected chi connectivity index (χ0v) is 26.1. The molecule has 3 aromatic carbocycles. The Kier molecular flexibility index (Phi) is 10.5. The number of allylic oxidation sites excluding steroid dienone is 1. The standard InChI is InChI=1S/C34H33N3O5S2/c1-3-5-20-42-27-19-17-25(21-28(27)41-4-2)30-29(26(38)18-16-23-12-8-6-9-13-23)31(39)32(40)37(30)33-35-36-34(44-33)43-22-24-14-10-7-11-15-24/h6-19,21,30,39H,3-5,20,22H2,1-2H3. The summed E-state index contributed by atoms with van der Waals surface area (Å²) in [5.74, 6) is -0.0854. The first kappa shape index (κ1) is 31.0. The second-order valence-corrected chi connectivity index (χ2v) is 12.1. The summed E-state index contributed by atoms with van der Waals surface area (Å²) >= 11 is 2.73. The molecule has 1 aliphatic heterocycles. The lowest BCUT2D eigenvalue weighted by molar-refractivity contribution is -0.117. The number of carbonyl (C=O) groups is 2. The number of benzene rings is 3. The largest absolute Gasteiger partial charge is 0.503 e. The highest BCUT2D eigenvalue weighted by molar-refractivity contribution is 8.00. The van der Waals surface area contributed by atoms with E-state index < -0.39 is 23.5 Å². The number of ether oxygens (including phenoxy) is 2. The third-order valence-corrected chi connectivity index (χ3v) is 8.97. The van der Waals surface area contributed by atoms with E-state index in [2.05, 4.69) is 17.1 Å². The average Bonchev–Trinajstić information content (AvgIpc) is 3.62. The summed E-state index contributed by atoms with van der Waals surface area (Å²) in [5, 5.41) is 20.0. The molecule has 0 fully saturated rings. The van der Waals surface area contributed by atoms with Crippen molar-refractivity contribution < 1.29 is 24.2 Å². The summed E-state index contributed by atoms with van der Waals surface area (Å²) in [4.78, 5) is 28.7. The van der Waals surface area contributed by atoms with Gasteiger partial charge in [0.25, 0.3) is 5.91 Å². The molecule has 0 saturated carbocycles. The van der Waals surface area contributed by atoms with E-state index in [0.29, 0.717) is 40.4 Å². The van der Waals surface area contributed by atoms with Gasteiger partial charge < -0.3 is 14.6 Å². The maximum Gasteiger partial charge on any atom is 0.296 e. The van der Waals surface area contributed by atoms with Gasteiger partial charge in [-0.2, -0.15) is 0 Å². The topological polar surface area (TPSA) is 102 Å². The summed E-state index contributed by atoms with van der Waals surface area (Å²) < 4.78 is 12.5. The van der Waals surface area contributed by atoms with E-state index in [1.165, 1.54) is 34.1 Å². The number of ketones is 1. The Balaban J connectivity index is 1.51. The van der Waals surface area contributed by atoms with Crippen LogP contribution in [-0.2, 0) is 15.3 Å². The summed E-state index contributed by atoms with van der Waals surface area (Å²) in [6, 6.07) is 23.7. The van der Waals surface area contributed by atoms with Gasteiger partial charge in [0.15, 0.2) is 27.4 Å². The molecule has 0 spiro atoms. The highest BCUT2D eigenvalue weighted by Crippen LogP contribution is 2.45. The van der Waals surface area contributed by atoms with E-state index in [9.17, 15) is 14.7 Å². The zero-order chi connectivity index (χ0) is 30.9. The van der Waals surface area contributed by atoms with Gasteiger partial charge in [-0.3, -0.25) is 14.5 Å². The molecule has 2 heterocycles. The van der Waals surface area contributed by atoms with Crippen molar-refractivity contribution in [3.05, 3.63) is 113 Å². The van der Waals surface area contributed by atoms with E-state index in [-0.39, 0.29) is 10.7 Å². The van der Waals surface area contributed by atoms with Gasteiger partial charge in [0.05, 0.1) is 24.8 Å². The van der Waals surface area contributed by atoms with E-state index in [1.807, 2.05) is 67.6 Å². The van der Waals surface area contributed by atoms with Crippen LogP contribution in [0.25, 0.3) is 6.08 Å². The van der Waals surface area contributed by atoms with Gasteiger partial charge >= 0.3 is 0 Å². The van der Waals surface area contributed by atoms with Crippen LogP contribution in [0.3, 0.4) is 0 Å². The monoisotopic (exact) mass is 627 g/mol. The van der Waals surface area contributed by atoms with Crippen LogP contribution in [0.5, 0.6) is 11.5 Å². The Morgan fingerprint density at radius 3 is 2.48 bits per heavy atom. The molecular formula is C34H33N3O5S2. The SMILES string of the molecule is CCCCOc1ccc(C2C(C(=O)C=Cc3ccccc3)=C(O)C(=O)N2c2nnc(SCc3ccccc3)s2)cc1OCC. The number of rotatable bonds is 14. The van der Waals surface area contributed by atoms with Crippen molar-refractivity contribution in [3.8, 4) is 11.5 Å². The predicted molar refractivity (Wildman–Crippen MR) is 174 cm³/mol. The van der Waals surface area contributed by atoms with Gasteiger partial charge in [-0.15, -0.1) is 10.2 Å². The fourth-order valence-corrected chi connectivity index (χ4v) is 6.51. The minimum atomic E-state index is -0.959. The molecule has 10 heteroatoms. The Morgan fingerprint density at radius 2 is 1.75 bits per heavy atom. The number of nitrogens with zero attached hydrogens (tertiary/aromatic N) is 3. The van der Waals surface area contributed by atoms with Gasteiger partial charge in [-0.1, -0.05) is 109 Å². The number of aliphatic hydroxyl groups is 1. The number of hydrogen-bond donors (Lipinski definition) is 1. The van der Waals surface area contributed by atoms with Crippen LogP contribution in [0.4, 0.5) is 5.13 Å². The number of amides is 1. The maximum atomic E-state index is 13.7. The Hall–Kier alpha value is -4.41. The summed E-state index contributed by atoms with van der Waals surface area (Å²) in [7, 11) is 0. The van der Waals surface area contributed by atoms with Crippen LogP contribution >= 0.6 is 23.1 Å². The molecule has 1 atom stereocenters. The molecule has 0 aliphatic carbocycles. The van der Waals surface area contributed by atoms with Crippen molar-refractivity contribution in [2.75, 3.05) is 18.1 Å². The highest BCUT2D eigenvalue weighted by Gasteiger charge is 2.45. The number of hydrogen-bond acceptors (Lipinski definition) is 9. The fourth-order valence-electron chi connectivity index (χ4n) is 4.68. The van der Waals surface area contributed by atoms with E-state index >= 15 is 0 Å². The summed E-state index contributed by atoms with van der Waals surface area (Å²) in [5.41, 5.74) is 2.47. The van der Waals surface area contributed by atoms with Gasteiger partial charge in [0.1, 0.15) is 0 Å². The minimum Gasteiger partial charge on any atom is -0.503 e. The number of thioether (sulfide) groups is 1. The summed E-state index contributed by atoms with van der Waals surface area (Å²) in [6.07, 6.45) is 4.91. The number of anilines is 1. The van der Waals surface area contributed by atoms with E-state index in [4.69, 9.17) is 9.47 Å². The lowest BCUT2D eigenvalue weighted by Crippen LogP contribution is -2.31. The molecule has 0 radical (unpaired) electrons. The Labute approximate surface area is 265 Å². The molecule has 1 aromatic heterocycles. The van der Waals surface area contributed by atoms with Gasteiger partial charge in [0.2, 0.25) is 5.13 Å². The fraction of sp³-hybridized carbons (Fsp3) is 0.235. The Bertz CT molecular complexity index is 1650. The van der Waals surface area contributed by atoms with Crippen molar-refractivity contribution in [1.82, 2.24) is 10.2 Å². The lowest BCUT2D eigenvalue weighted by atomic mass is 9.95. The quantitative estimate of drug-likeness (QED) is 0.0660. The molecule has 1 unspecified atom stereocenters. The van der Waals surface area contributed by atoms with Crippen molar-refractivity contribution in [3.63, 3.8) is 0 Å². The minimum absolute atomic E-state index is 0.0435. The second kappa shape index (κ2) is 14.9. The highest BCUT2D eigenvalue weighted by atomic mass is 32.2. The van der Waals surface area contributed by atoms with Crippen molar-refractivity contribution in [1.29, 1.82) is 0 Å². The predicted octanol–water partition coefficient (Wildman–Crippen LogP) is 7.59. The van der Waals surface area contributed by atoms with Gasteiger partial charge in [-0.05, 0) is 48.2 Å². The number of carbonyl (C=O) groups excluding carboxylic acids is 2. The van der Waals surface area contributed by atoms with Crippen molar-refractivity contribution >= 4 is 46.0 Å². The molecule has 0 bridgehead atoms. The first-order chi connectivity index (χ1) is 21.5. The molecule has 5 rings (SSSR count). The van der Waals surface area contributed by atoms with Gasteiger partial charge in [0, 0.05) is 5.75 Å². The van der Waals surface area contributed by atoms with Crippen molar-refractivity contribution in [2.24, 2.45) is 0 Å². The molecule has 0 saturated heterocycles. The Morgan fingerprint density at radius 1 is 1.00 bits per heavy atom. The molecule has 226 valence electrons. The molecular weight excluding hydrogens is 595 g/mol. The van der Waals surface area contributed by atoms with Crippen LogP contribution in [-0.4, -0.2) is 40.2 Å². The van der Waals surface area contributed by atoms with Crippen LogP contribution in [0.2, 0.25) is 0 Å². The zero-order valence-electron chi connectivity index (χ0n) is 24.5.